The smallest absolute Gasteiger partial charge is 0.248 e. The Hall–Kier alpha value is -2.83. The molecule has 3 rings (SSSR count). The lowest BCUT2D eigenvalue weighted by Crippen LogP contribution is -2.31. The summed E-state index contributed by atoms with van der Waals surface area (Å²) in [5.41, 5.74) is 3.43. The number of nitrogens with one attached hydrogen (secondary N) is 3. The van der Waals surface area contributed by atoms with Crippen molar-refractivity contribution in [1.29, 1.82) is 0 Å². The maximum Gasteiger partial charge on any atom is 0.248 e. The summed E-state index contributed by atoms with van der Waals surface area (Å²) in [6.45, 7) is 3.55. The number of aryl methyl sites for hydroxylation is 2. The molecular formula is C16H18N4O3. The third-order valence-electron chi connectivity index (χ3n) is 3.65. The van der Waals surface area contributed by atoms with Gasteiger partial charge in [-0.25, -0.2) is 0 Å². The van der Waals surface area contributed by atoms with Gasteiger partial charge in [0.1, 0.15) is 6.04 Å². The van der Waals surface area contributed by atoms with Crippen molar-refractivity contribution in [1.82, 2.24) is 5.16 Å². The first-order valence-electron chi connectivity index (χ1n) is 7.45. The summed E-state index contributed by atoms with van der Waals surface area (Å²) in [5, 5.41) is 12.4. The van der Waals surface area contributed by atoms with E-state index in [4.69, 9.17) is 4.52 Å². The van der Waals surface area contributed by atoms with E-state index in [1.807, 2.05) is 18.2 Å². The number of anilines is 3. The van der Waals surface area contributed by atoms with Crippen LogP contribution in [0.4, 0.5) is 17.3 Å². The van der Waals surface area contributed by atoms with Crippen molar-refractivity contribution >= 4 is 29.1 Å². The quantitative estimate of drug-likeness (QED) is 0.804. The van der Waals surface area contributed by atoms with Crippen molar-refractivity contribution in [2.45, 2.75) is 32.7 Å². The second kappa shape index (κ2) is 6.12. The van der Waals surface area contributed by atoms with Crippen LogP contribution >= 0.6 is 0 Å². The Labute approximate surface area is 133 Å². The van der Waals surface area contributed by atoms with Crippen LogP contribution in [0.1, 0.15) is 24.6 Å². The molecule has 1 aliphatic rings. The van der Waals surface area contributed by atoms with E-state index >= 15 is 0 Å². The number of carbonyl (C=O) groups excluding carboxylic acids is 2. The highest BCUT2D eigenvalue weighted by molar-refractivity contribution is 5.96. The Morgan fingerprint density at radius 3 is 2.91 bits per heavy atom. The lowest BCUT2D eigenvalue weighted by molar-refractivity contribution is -0.117. The van der Waals surface area contributed by atoms with Crippen molar-refractivity contribution in [3.05, 3.63) is 35.5 Å². The lowest BCUT2D eigenvalue weighted by Gasteiger charge is -2.19. The largest absolute Gasteiger partial charge is 0.374 e. The molecule has 1 aliphatic heterocycles. The maximum absolute atomic E-state index is 12.1. The number of hydrogen-bond acceptors (Lipinski definition) is 5. The standard InChI is InChI=1S/C16H18N4O3/c1-9-7-15(23-20-9)19-16(22)10(2)17-12-4-5-13-11(8-12)3-6-14(21)18-13/h4-5,7-8,10,17H,3,6H2,1-2H3,(H,18,21)(H,19,22). The molecule has 1 aromatic heterocycles. The molecule has 3 N–H and O–H groups in total. The number of fused-ring (bicyclic) bond motifs is 1. The van der Waals surface area contributed by atoms with Gasteiger partial charge >= 0.3 is 0 Å². The van der Waals surface area contributed by atoms with Crippen LogP contribution < -0.4 is 16.0 Å². The summed E-state index contributed by atoms with van der Waals surface area (Å²) in [4.78, 5) is 23.5. The molecule has 7 nitrogen and oxygen atoms in total. The van der Waals surface area contributed by atoms with Crippen LogP contribution in [0.25, 0.3) is 0 Å². The first kappa shape index (κ1) is 15.1. The second-order valence-electron chi connectivity index (χ2n) is 5.61. The summed E-state index contributed by atoms with van der Waals surface area (Å²) < 4.78 is 4.97. The van der Waals surface area contributed by atoms with E-state index in [0.29, 0.717) is 24.4 Å². The average Bonchev–Trinajstić information content (AvgIpc) is 2.92. The Balaban J connectivity index is 1.64. The molecule has 120 valence electrons. The molecule has 1 atom stereocenters. The molecule has 0 radical (unpaired) electrons. The Kier molecular flexibility index (Phi) is 4.01. The highest BCUT2D eigenvalue weighted by Crippen LogP contribution is 2.26. The molecule has 1 aromatic carbocycles. The van der Waals surface area contributed by atoms with E-state index in [1.165, 1.54) is 0 Å². The fourth-order valence-electron chi connectivity index (χ4n) is 2.44. The molecule has 1 unspecified atom stereocenters. The molecule has 0 aliphatic carbocycles. The average molecular weight is 314 g/mol. The van der Waals surface area contributed by atoms with E-state index in [2.05, 4.69) is 21.1 Å². The summed E-state index contributed by atoms with van der Waals surface area (Å²) in [5.74, 6) is 0.148. The van der Waals surface area contributed by atoms with E-state index in [-0.39, 0.29) is 11.8 Å². The van der Waals surface area contributed by atoms with Crippen molar-refractivity contribution < 1.29 is 14.1 Å². The maximum atomic E-state index is 12.1. The van der Waals surface area contributed by atoms with Gasteiger partial charge in [-0.3, -0.25) is 14.9 Å². The second-order valence-corrected chi connectivity index (χ2v) is 5.61. The molecule has 2 amide bonds. The van der Waals surface area contributed by atoms with Crippen molar-refractivity contribution in [3.63, 3.8) is 0 Å². The molecule has 0 saturated carbocycles. The van der Waals surface area contributed by atoms with Gasteiger partial charge < -0.3 is 15.2 Å². The van der Waals surface area contributed by atoms with Crippen LogP contribution in [-0.4, -0.2) is 23.0 Å². The normalized spacial score (nSPS) is 14.6. The van der Waals surface area contributed by atoms with Crippen molar-refractivity contribution in [2.75, 3.05) is 16.0 Å². The van der Waals surface area contributed by atoms with Crippen LogP contribution in [0.2, 0.25) is 0 Å². The van der Waals surface area contributed by atoms with Crippen LogP contribution in [0.3, 0.4) is 0 Å². The Morgan fingerprint density at radius 2 is 2.17 bits per heavy atom. The Bertz CT molecular complexity index is 754. The fourth-order valence-corrected chi connectivity index (χ4v) is 2.44. The van der Waals surface area contributed by atoms with Crippen molar-refractivity contribution in [3.8, 4) is 0 Å². The minimum atomic E-state index is -0.448. The third kappa shape index (κ3) is 3.50. The Morgan fingerprint density at radius 1 is 1.35 bits per heavy atom. The van der Waals surface area contributed by atoms with Crippen LogP contribution in [0.15, 0.2) is 28.8 Å². The predicted octanol–water partition coefficient (Wildman–Crippen LogP) is 2.31. The topological polar surface area (TPSA) is 96.3 Å². The third-order valence-corrected chi connectivity index (χ3v) is 3.65. The summed E-state index contributed by atoms with van der Waals surface area (Å²) in [7, 11) is 0. The number of carbonyl (C=O) groups is 2. The fraction of sp³-hybridized carbons (Fsp3) is 0.312. The minimum absolute atomic E-state index is 0.0355. The van der Waals surface area contributed by atoms with Gasteiger partial charge in [0.05, 0.1) is 5.69 Å². The van der Waals surface area contributed by atoms with Crippen LogP contribution in [0.5, 0.6) is 0 Å². The number of amides is 2. The zero-order valence-electron chi connectivity index (χ0n) is 13.0. The van der Waals surface area contributed by atoms with Gasteiger partial charge in [-0.05, 0) is 44.0 Å². The van der Waals surface area contributed by atoms with E-state index < -0.39 is 6.04 Å². The molecule has 23 heavy (non-hydrogen) atoms. The SMILES string of the molecule is Cc1cc(NC(=O)C(C)Nc2ccc3c(c2)CCC(=O)N3)on1. The van der Waals surface area contributed by atoms with Crippen molar-refractivity contribution in [2.24, 2.45) is 0 Å². The van der Waals surface area contributed by atoms with E-state index in [1.54, 1.807) is 19.9 Å². The predicted molar refractivity (Wildman–Crippen MR) is 86.3 cm³/mol. The minimum Gasteiger partial charge on any atom is -0.374 e. The summed E-state index contributed by atoms with van der Waals surface area (Å²) >= 11 is 0. The first-order chi connectivity index (χ1) is 11.0. The summed E-state index contributed by atoms with van der Waals surface area (Å²) in [6.07, 6.45) is 1.19. The van der Waals surface area contributed by atoms with E-state index in [0.717, 1.165) is 16.9 Å². The van der Waals surface area contributed by atoms with Gasteiger partial charge in [-0.1, -0.05) is 5.16 Å². The summed E-state index contributed by atoms with van der Waals surface area (Å²) in [6, 6.07) is 6.85. The highest BCUT2D eigenvalue weighted by Gasteiger charge is 2.17. The van der Waals surface area contributed by atoms with Gasteiger partial charge in [0, 0.05) is 23.9 Å². The molecule has 2 heterocycles. The molecule has 7 heteroatoms. The van der Waals surface area contributed by atoms with Gasteiger partial charge in [0.2, 0.25) is 17.7 Å². The number of rotatable bonds is 4. The van der Waals surface area contributed by atoms with Gasteiger partial charge in [-0.2, -0.15) is 0 Å². The first-order valence-corrected chi connectivity index (χ1v) is 7.45. The number of benzene rings is 1. The number of aromatic nitrogens is 1. The highest BCUT2D eigenvalue weighted by atomic mass is 16.5. The lowest BCUT2D eigenvalue weighted by atomic mass is 10.0. The molecule has 2 aromatic rings. The van der Waals surface area contributed by atoms with Crippen LogP contribution in [0, 0.1) is 6.92 Å². The van der Waals surface area contributed by atoms with Crippen LogP contribution in [-0.2, 0) is 16.0 Å². The molecule has 0 fully saturated rings. The number of hydrogen-bond donors (Lipinski definition) is 3. The van der Waals surface area contributed by atoms with Gasteiger partial charge in [0.15, 0.2) is 0 Å². The zero-order valence-corrected chi connectivity index (χ0v) is 13.0. The van der Waals surface area contributed by atoms with Gasteiger partial charge in [0.25, 0.3) is 0 Å². The van der Waals surface area contributed by atoms with Gasteiger partial charge in [-0.15, -0.1) is 0 Å². The van der Waals surface area contributed by atoms with E-state index in [9.17, 15) is 9.59 Å². The monoisotopic (exact) mass is 314 g/mol. The molecule has 0 spiro atoms. The molecular weight excluding hydrogens is 296 g/mol. The zero-order chi connectivity index (χ0) is 16.4. The number of nitrogens with zero attached hydrogens (tertiary/aromatic N) is 1. The molecule has 0 saturated heterocycles. The molecule has 0 bridgehead atoms.